The first-order valence-corrected chi connectivity index (χ1v) is 8.25. The Morgan fingerprint density at radius 2 is 2.04 bits per heavy atom. The van der Waals surface area contributed by atoms with Crippen LogP contribution in [-0.2, 0) is 14.3 Å². The quantitative estimate of drug-likeness (QED) is 0.784. The van der Waals surface area contributed by atoms with Gasteiger partial charge in [0, 0.05) is 6.07 Å². The fraction of sp³-hybridized carbons (Fsp3) is 0.312. The second-order valence-corrected chi connectivity index (χ2v) is 5.89. The van der Waals surface area contributed by atoms with E-state index in [1.807, 2.05) is 37.3 Å². The van der Waals surface area contributed by atoms with E-state index in [-0.39, 0.29) is 29.5 Å². The highest BCUT2D eigenvalue weighted by Gasteiger charge is 2.13. The lowest BCUT2D eigenvalue weighted by Gasteiger charge is -2.13. The fourth-order valence-corrected chi connectivity index (χ4v) is 2.45. The normalized spacial score (nSPS) is 11.7. The number of anilines is 1. The summed E-state index contributed by atoms with van der Waals surface area (Å²) in [5, 5.41) is 6.25. The molecule has 0 saturated heterocycles. The van der Waals surface area contributed by atoms with Crippen LogP contribution in [0.5, 0.6) is 0 Å². The Morgan fingerprint density at radius 3 is 2.70 bits per heavy atom. The summed E-state index contributed by atoms with van der Waals surface area (Å²) in [7, 11) is 0. The molecule has 23 heavy (non-hydrogen) atoms. The van der Waals surface area contributed by atoms with Gasteiger partial charge in [-0.15, -0.1) is 11.8 Å². The second kappa shape index (κ2) is 8.38. The molecule has 0 unspecified atom stereocenters. The number of aromatic nitrogens is 1. The third-order valence-electron chi connectivity index (χ3n) is 2.93. The van der Waals surface area contributed by atoms with Crippen molar-refractivity contribution < 1.29 is 18.8 Å². The standard InChI is InChI=1S/C16H18N2O4S/c1-11-8-14(18-22-11)17-15(19)9-23-10-16(20)21-12(2)13-6-4-3-5-7-13/h3-8,12H,9-10H2,1-2H3,(H,17,18,19)/t12-/m1/s1. The van der Waals surface area contributed by atoms with Crippen LogP contribution in [0, 0.1) is 6.92 Å². The molecule has 1 aromatic carbocycles. The average molecular weight is 334 g/mol. The monoisotopic (exact) mass is 334 g/mol. The van der Waals surface area contributed by atoms with Gasteiger partial charge in [0.1, 0.15) is 11.9 Å². The Bertz CT molecular complexity index is 657. The maximum absolute atomic E-state index is 11.8. The maximum atomic E-state index is 11.8. The summed E-state index contributed by atoms with van der Waals surface area (Å²) in [6.07, 6.45) is -0.309. The van der Waals surface area contributed by atoms with Crippen molar-refractivity contribution in [3.8, 4) is 0 Å². The molecule has 0 fully saturated rings. The molecule has 0 aliphatic heterocycles. The summed E-state index contributed by atoms with van der Waals surface area (Å²) < 4.78 is 10.2. The molecule has 0 aliphatic rings. The summed E-state index contributed by atoms with van der Waals surface area (Å²) >= 11 is 1.19. The molecule has 0 aliphatic carbocycles. The number of benzene rings is 1. The van der Waals surface area contributed by atoms with E-state index in [1.165, 1.54) is 11.8 Å². The van der Waals surface area contributed by atoms with E-state index in [0.29, 0.717) is 11.6 Å². The molecule has 2 aromatic rings. The number of amides is 1. The molecule has 1 aromatic heterocycles. The lowest BCUT2D eigenvalue weighted by atomic mass is 10.1. The Morgan fingerprint density at radius 1 is 1.30 bits per heavy atom. The van der Waals surface area contributed by atoms with E-state index >= 15 is 0 Å². The molecule has 0 bridgehead atoms. The number of aryl methyl sites for hydroxylation is 1. The Hall–Kier alpha value is -2.28. The summed E-state index contributed by atoms with van der Waals surface area (Å²) in [6, 6.07) is 11.1. The molecule has 1 amide bonds. The highest BCUT2D eigenvalue weighted by Crippen LogP contribution is 2.17. The Balaban J connectivity index is 1.67. The minimum Gasteiger partial charge on any atom is -0.457 e. The number of ether oxygens (including phenoxy) is 1. The van der Waals surface area contributed by atoms with Crippen molar-refractivity contribution >= 4 is 29.5 Å². The lowest BCUT2D eigenvalue weighted by molar-refractivity contribution is -0.145. The van der Waals surface area contributed by atoms with Gasteiger partial charge < -0.3 is 14.6 Å². The molecule has 6 nitrogen and oxygen atoms in total. The van der Waals surface area contributed by atoms with Crippen molar-refractivity contribution in [1.82, 2.24) is 5.16 Å². The van der Waals surface area contributed by atoms with Gasteiger partial charge in [0.25, 0.3) is 0 Å². The number of nitrogens with zero attached hydrogens (tertiary/aromatic N) is 1. The molecule has 7 heteroatoms. The third kappa shape index (κ3) is 5.78. The van der Waals surface area contributed by atoms with E-state index in [9.17, 15) is 9.59 Å². The first-order valence-electron chi connectivity index (χ1n) is 7.10. The molecular weight excluding hydrogens is 316 g/mol. The van der Waals surface area contributed by atoms with Crippen LogP contribution >= 0.6 is 11.8 Å². The molecule has 0 spiro atoms. The Labute approximate surface area is 138 Å². The van der Waals surface area contributed by atoms with Gasteiger partial charge in [-0.05, 0) is 19.4 Å². The van der Waals surface area contributed by atoms with Crippen LogP contribution in [0.4, 0.5) is 5.82 Å². The molecule has 2 rings (SSSR count). The summed E-state index contributed by atoms with van der Waals surface area (Å²) in [6.45, 7) is 3.55. The van der Waals surface area contributed by atoms with Crippen molar-refractivity contribution in [2.75, 3.05) is 16.8 Å². The molecule has 1 atom stereocenters. The van der Waals surface area contributed by atoms with E-state index in [2.05, 4.69) is 10.5 Å². The summed E-state index contributed by atoms with van der Waals surface area (Å²) in [4.78, 5) is 23.4. The van der Waals surface area contributed by atoms with E-state index < -0.39 is 0 Å². The highest BCUT2D eigenvalue weighted by atomic mass is 32.2. The van der Waals surface area contributed by atoms with Gasteiger partial charge in [0.2, 0.25) is 5.91 Å². The SMILES string of the molecule is Cc1cc(NC(=O)CSCC(=O)O[C@H](C)c2ccccc2)no1. The van der Waals surface area contributed by atoms with E-state index in [0.717, 1.165) is 5.56 Å². The number of carbonyl (C=O) groups excluding carboxylic acids is 2. The minimum absolute atomic E-state index is 0.114. The van der Waals surface area contributed by atoms with Crippen molar-refractivity contribution in [1.29, 1.82) is 0 Å². The van der Waals surface area contributed by atoms with Crippen LogP contribution in [-0.4, -0.2) is 28.5 Å². The van der Waals surface area contributed by atoms with Crippen LogP contribution in [0.25, 0.3) is 0 Å². The van der Waals surface area contributed by atoms with Gasteiger partial charge in [0.05, 0.1) is 11.5 Å². The first-order chi connectivity index (χ1) is 11.0. The first kappa shape index (κ1) is 17.1. The molecule has 1 N–H and O–H groups in total. The van der Waals surface area contributed by atoms with E-state index in [4.69, 9.17) is 9.26 Å². The molecular formula is C16H18N2O4S. The average Bonchev–Trinajstić information content (AvgIpc) is 2.93. The van der Waals surface area contributed by atoms with Crippen molar-refractivity contribution in [3.05, 3.63) is 47.7 Å². The van der Waals surface area contributed by atoms with Crippen LogP contribution in [0.3, 0.4) is 0 Å². The van der Waals surface area contributed by atoms with Gasteiger partial charge in [-0.2, -0.15) is 0 Å². The number of nitrogens with one attached hydrogen (secondary N) is 1. The number of rotatable bonds is 7. The van der Waals surface area contributed by atoms with Crippen molar-refractivity contribution in [3.63, 3.8) is 0 Å². The van der Waals surface area contributed by atoms with Gasteiger partial charge in [-0.3, -0.25) is 9.59 Å². The molecule has 122 valence electrons. The predicted octanol–water partition coefficient (Wildman–Crippen LogP) is 2.96. The Kier molecular flexibility index (Phi) is 6.22. The number of carbonyl (C=O) groups is 2. The summed E-state index contributed by atoms with van der Waals surface area (Å²) in [5.41, 5.74) is 0.935. The number of thioether (sulfide) groups is 1. The number of esters is 1. The van der Waals surface area contributed by atoms with Crippen LogP contribution in [0.2, 0.25) is 0 Å². The van der Waals surface area contributed by atoms with E-state index in [1.54, 1.807) is 13.0 Å². The maximum Gasteiger partial charge on any atom is 0.316 e. The molecule has 1 heterocycles. The van der Waals surface area contributed by atoms with Crippen molar-refractivity contribution in [2.45, 2.75) is 20.0 Å². The zero-order valence-corrected chi connectivity index (χ0v) is 13.8. The number of hydrogen-bond donors (Lipinski definition) is 1. The third-order valence-corrected chi connectivity index (χ3v) is 3.83. The van der Waals surface area contributed by atoms with Crippen LogP contribution < -0.4 is 5.32 Å². The van der Waals surface area contributed by atoms with Gasteiger partial charge in [-0.25, -0.2) is 0 Å². The smallest absolute Gasteiger partial charge is 0.316 e. The van der Waals surface area contributed by atoms with Crippen molar-refractivity contribution in [2.24, 2.45) is 0 Å². The zero-order chi connectivity index (χ0) is 16.7. The fourth-order valence-electron chi connectivity index (χ4n) is 1.85. The topological polar surface area (TPSA) is 81.4 Å². The lowest BCUT2D eigenvalue weighted by Crippen LogP contribution is -2.17. The molecule has 0 saturated carbocycles. The summed E-state index contributed by atoms with van der Waals surface area (Å²) in [5.74, 6) is 0.645. The minimum atomic E-state index is -0.351. The van der Waals surface area contributed by atoms with Gasteiger partial charge in [0.15, 0.2) is 5.82 Å². The van der Waals surface area contributed by atoms with Gasteiger partial charge >= 0.3 is 5.97 Å². The second-order valence-electron chi connectivity index (χ2n) is 4.91. The molecule has 0 radical (unpaired) electrons. The predicted molar refractivity (Wildman–Crippen MR) is 88.1 cm³/mol. The highest BCUT2D eigenvalue weighted by molar-refractivity contribution is 8.00. The largest absolute Gasteiger partial charge is 0.457 e. The van der Waals surface area contributed by atoms with Crippen LogP contribution in [0.15, 0.2) is 40.9 Å². The number of hydrogen-bond acceptors (Lipinski definition) is 6. The zero-order valence-electron chi connectivity index (χ0n) is 12.9. The van der Waals surface area contributed by atoms with Crippen LogP contribution in [0.1, 0.15) is 24.4 Å². The van der Waals surface area contributed by atoms with Gasteiger partial charge in [-0.1, -0.05) is 35.5 Å².